The predicted octanol–water partition coefficient (Wildman–Crippen LogP) is 2.92. The monoisotopic (exact) mass is 444 g/mol. The second kappa shape index (κ2) is 9.14. The minimum absolute atomic E-state index is 0.00888. The van der Waals surface area contributed by atoms with E-state index in [-0.39, 0.29) is 27.5 Å². The number of benzene rings is 2. The Bertz CT molecular complexity index is 1220. The van der Waals surface area contributed by atoms with E-state index in [1.165, 1.54) is 12.1 Å². The molecule has 10 heteroatoms. The van der Waals surface area contributed by atoms with Crippen LogP contribution in [0.15, 0.2) is 69.4 Å². The van der Waals surface area contributed by atoms with Gasteiger partial charge in [-0.25, -0.2) is 13.4 Å². The molecule has 0 saturated carbocycles. The fourth-order valence-corrected chi connectivity index (χ4v) is 4.19. The highest BCUT2D eigenvalue weighted by Crippen LogP contribution is 2.18. The number of thioether (sulfide) groups is 1. The number of hydrogen-bond donors (Lipinski definition) is 3. The largest absolute Gasteiger partial charge is 0.325 e. The van der Waals surface area contributed by atoms with Crippen molar-refractivity contribution in [3.8, 4) is 0 Å². The Morgan fingerprint density at radius 3 is 2.50 bits per heavy atom. The van der Waals surface area contributed by atoms with Gasteiger partial charge in [0.25, 0.3) is 15.6 Å². The summed E-state index contributed by atoms with van der Waals surface area (Å²) in [7, 11) is -3.89. The highest BCUT2D eigenvalue weighted by molar-refractivity contribution is 7.99. The van der Waals surface area contributed by atoms with Crippen LogP contribution >= 0.6 is 11.8 Å². The molecule has 3 aromatic rings. The molecule has 0 fully saturated rings. The van der Waals surface area contributed by atoms with Gasteiger partial charge in [-0.3, -0.25) is 14.3 Å². The zero-order valence-electron chi connectivity index (χ0n) is 16.3. The molecule has 0 atom stereocenters. The van der Waals surface area contributed by atoms with Gasteiger partial charge in [-0.1, -0.05) is 41.6 Å². The fourth-order valence-electron chi connectivity index (χ4n) is 2.52. The van der Waals surface area contributed by atoms with Gasteiger partial charge in [-0.05, 0) is 43.7 Å². The van der Waals surface area contributed by atoms with Crippen molar-refractivity contribution in [2.75, 3.05) is 15.8 Å². The Balaban J connectivity index is 1.68. The first-order chi connectivity index (χ1) is 14.2. The van der Waals surface area contributed by atoms with Gasteiger partial charge in [-0.15, -0.1) is 0 Å². The smallest absolute Gasteiger partial charge is 0.263 e. The molecule has 0 radical (unpaired) electrons. The number of nitrogens with one attached hydrogen (secondary N) is 3. The third kappa shape index (κ3) is 5.94. The third-order valence-electron chi connectivity index (χ3n) is 3.93. The lowest BCUT2D eigenvalue weighted by Crippen LogP contribution is -2.18. The van der Waals surface area contributed by atoms with E-state index < -0.39 is 15.6 Å². The van der Waals surface area contributed by atoms with Crippen LogP contribution in [0.25, 0.3) is 0 Å². The van der Waals surface area contributed by atoms with Gasteiger partial charge in [0.2, 0.25) is 5.91 Å². The summed E-state index contributed by atoms with van der Waals surface area (Å²) >= 11 is 0.991. The second-order valence-corrected chi connectivity index (χ2v) is 9.21. The number of rotatable bonds is 7. The molecule has 156 valence electrons. The average Bonchev–Trinajstić information content (AvgIpc) is 2.66. The van der Waals surface area contributed by atoms with E-state index in [0.717, 1.165) is 29.0 Å². The van der Waals surface area contributed by atoms with Crippen LogP contribution in [0.1, 0.15) is 11.1 Å². The zero-order chi connectivity index (χ0) is 21.7. The van der Waals surface area contributed by atoms with Crippen molar-refractivity contribution in [3.05, 3.63) is 76.1 Å². The van der Waals surface area contributed by atoms with Crippen LogP contribution in [-0.2, 0) is 14.8 Å². The molecule has 0 spiro atoms. The number of carbonyl (C=O) groups excluding carboxylic acids is 1. The molecule has 1 aromatic heterocycles. The Labute approximate surface area is 178 Å². The number of aryl methyl sites for hydroxylation is 2. The van der Waals surface area contributed by atoms with Gasteiger partial charge in [-0.2, -0.15) is 0 Å². The summed E-state index contributed by atoms with van der Waals surface area (Å²) in [6.45, 7) is 3.77. The second-order valence-electron chi connectivity index (χ2n) is 6.56. The fraction of sp³-hybridized carbons (Fsp3) is 0.150. The zero-order valence-corrected chi connectivity index (χ0v) is 17.9. The number of H-pyrrole nitrogens is 1. The molecule has 0 bridgehead atoms. The third-order valence-corrected chi connectivity index (χ3v) is 6.18. The van der Waals surface area contributed by atoms with Gasteiger partial charge >= 0.3 is 0 Å². The van der Waals surface area contributed by atoms with Crippen molar-refractivity contribution < 1.29 is 13.2 Å². The van der Waals surface area contributed by atoms with Crippen LogP contribution in [-0.4, -0.2) is 30.0 Å². The summed E-state index contributed by atoms with van der Waals surface area (Å²) in [4.78, 5) is 30.7. The number of sulfonamides is 1. The number of aromatic amines is 1. The molecule has 0 aliphatic rings. The number of carbonyl (C=O) groups is 1. The lowest BCUT2D eigenvalue weighted by molar-refractivity contribution is -0.113. The standard InChI is InChI=1S/C20H20N4O4S2/c1-13-6-8-16(9-7-13)30(27,28)24-17-11-18(25)23-20(22-17)29-12-19(26)21-15-5-3-4-14(2)10-15/h3-11H,12H2,1-2H3,(H,21,26)(H2,22,23,24,25). The molecular formula is C20H20N4O4S2. The number of anilines is 2. The molecule has 0 saturated heterocycles. The molecule has 8 nitrogen and oxygen atoms in total. The van der Waals surface area contributed by atoms with Crippen LogP contribution in [0.4, 0.5) is 11.5 Å². The summed E-state index contributed by atoms with van der Waals surface area (Å²) in [5, 5.41) is 2.88. The summed E-state index contributed by atoms with van der Waals surface area (Å²) in [6, 6.07) is 14.7. The molecule has 30 heavy (non-hydrogen) atoms. The molecule has 3 rings (SSSR count). The van der Waals surface area contributed by atoms with Gasteiger partial charge in [0, 0.05) is 11.8 Å². The number of amides is 1. The normalized spacial score (nSPS) is 11.1. The average molecular weight is 445 g/mol. The first-order valence-corrected chi connectivity index (χ1v) is 11.4. The van der Waals surface area contributed by atoms with Crippen molar-refractivity contribution in [1.82, 2.24) is 9.97 Å². The van der Waals surface area contributed by atoms with E-state index in [1.54, 1.807) is 18.2 Å². The Morgan fingerprint density at radius 2 is 1.80 bits per heavy atom. The van der Waals surface area contributed by atoms with Gasteiger partial charge < -0.3 is 10.3 Å². The molecule has 3 N–H and O–H groups in total. The molecule has 0 unspecified atom stereocenters. The lowest BCUT2D eigenvalue weighted by Gasteiger charge is -2.09. The Morgan fingerprint density at radius 1 is 1.07 bits per heavy atom. The minimum Gasteiger partial charge on any atom is -0.325 e. The van der Waals surface area contributed by atoms with Crippen LogP contribution in [0.5, 0.6) is 0 Å². The summed E-state index contributed by atoms with van der Waals surface area (Å²) in [5.74, 6) is -0.412. The van der Waals surface area contributed by atoms with Crippen molar-refractivity contribution in [2.45, 2.75) is 23.9 Å². The molecular weight excluding hydrogens is 424 g/mol. The maximum absolute atomic E-state index is 12.5. The number of aromatic nitrogens is 2. The van der Waals surface area contributed by atoms with E-state index >= 15 is 0 Å². The Kier molecular flexibility index (Phi) is 6.58. The lowest BCUT2D eigenvalue weighted by atomic mass is 10.2. The summed E-state index contributed by atoms with van der Waals surface area (Å²) in [6.07, 6.45) is 0. The van der Waals surface area contributed by atoms with E-state index in [1.807, 2.05) is 32.0 Å². The first-order valence-electron chi connectivity index (χ1n) is 8.91. The maximum atomic E-state index is 12.5. The van der Waals surface area contributed by atoms with Gasteiger partial charge in [0.05, 0.1) is 10.6 Å². The van der Waals surface area contributed by atoms with Crippen molar-refractivity contribution >= 4 is 39.2 Å². The highest BCUT2D eigenvalue weighted by atomic mass is 32.2. The highest BCUT2D eigenvalue weighted by Gasteiger charge is 2.16. The van der Waals surface area contributed by atoms with Crippen molar-refractivity contribution in [3.63, 3.8) is 0 Å². The predicted molar refractivity (Wildman–Crippen MR) is 117 cm³/mol. The van der Waals surface area contributed by atoms with E-state index in [4.69, 9.17) is 0 Å². The van der Waals surface area contributed by atoms with Crippen molar-refractivity contribution in [2.24, 2.45) is 0 Å². The van der Waals surface area contributed by atoms with Gasteiger partial charge in [0.15, 0.2) is 5.16 Å². The maximum Gasteiger partial charge on any atom is 0.263 e. The van der Waals surface area contributed by atoms with E-state index in [0.29, 0.717) is 5.69 Å². The molecule has 0 aliphatic heterocycles. The topological polar surface area (TPSA) is 121 Å². The summed E-state index contributed by atoms with van der Waals surface area (Å²) < 4.78 is 27.3. The molecule has 2 aromatic carbocycles. The Hall–Kier alpha value is -3.11. The van der Waals surface area contributed by atoms with Gasteiger partial charge in [0.1, 0.15) is 5.82 Å². The molecule has 0 aliphatic carbocycles. The van der Waals surface area contributed by atoms with Crippen LogP contribution in [0, 0.1) is 13.8 Å². The SMILES string of the molecule is Cc1ccc(S(=O)(=O)Nc2cc(=O)[nH]c(SCC(=O)Nc3cccc(C)c3)n2)cc1. The molecule has 1 heterocycles. The van der Waals surface area contributed by atoms with E-state index in [9.17, 15) is 18.0 Å². The van der Waals surface area contributed by atoms with Crippen LogP contribution in [0.2, 0.25) is 0 Å². The molecule has 1 amide bonds. The number of nitrogens with zero attached hydrogens (tertiary/aromatic N) is 1. The van der Waals surface area contributed by atoms with Crippen LogP contribution in [0.3, 0.4) is 0 Å². The van der Waals surface area contributed by atoms with Crippen molar-refractivity contribution in [1.29, 1.82) is 0 Å². The number of hydrogen-bond acceptors (Lipinski definition) is 6. The minimum atomic E-state index is -3.89. The quantitative estimate of drug-likeness (QED) is 0.381. The van der Waals surface area contributed by atoms with E-state index in [2.05, 4.69) is 20.0 Å². The first kappa shape index (κ1) is 21.6. The summed E-state index contributed by atoms with van der Waals surface area (Å²) in [5.41, 5.74) is 2.07. The van der Waals surface area contributed by atoms with Crippen LogP contribution < -0.4 is 15.6 Å².